The summed E-state index contributed by atoms with van der Waals surface area (Å²) in [6, 6.07) is 7.54. The van der Waals surface area contributed by atoms with Crippen molar-refractivity contribution < 1.29 is 47.3 Å². The maximum Gasteiger partial charge on any atom is 0.223 e. The van der Waals surface area contributed by atoms with Gasteiger partial charge in [-0.2, -0.15) is 7.11 Å². The molecule has 1 saturated heterocycles. The van der Waals surface area contributed by atoms with Crippen LogP contribution in [0.15, 0.2) is 36.4 Å². The van der Waals surface area contributed by atoms with Crippen LogP contribution in [-0.4, -0.2) is 35.9 Å². The minimum atomic E-state index is -0.665. The standard InChI is InChI=1S/C17H21BNO3.Y/c1-22-16-6-2-4-13(10-16)12-19-14(5-3-7-17(19)21)8-9-15(20)11-18;/h2,4,6,8-10,14-15,20H,1,3,5,7,11-12H2;/q-1;. The van der Waals surface area contributed by atoms with E-state index in [2.05, 4.69) is 7.11 Å². The molecule has 6 heteroatoms. The number of hydrogen-bond donors (Lipinski definition) is 1. The van der Waals surface area contributed by atoms with Crippen molar-refractivity contribution in [1.82, 2.24) is 4.90 Å². The molecule has 1 aliphatic rings. The van der Waals surface area contributed by atoms with Crippen LogP contribution in [0.3, 0.4) is 0 Å². The van der Waals surface area contributed by atoms with E-state index in [-0.39, 0.29) is 51.0 Å². The molecule has 1 fully saturated rings. The molecule has 3 radical (unpaired) electrons. The van der Waals surface area contributed by atoms with Gasteiger partial charge in [-0.25, -0.2) is 0 Å². The normalized spacial score (nSPS) is 19.5. The fourth-order valence-electron chi connectivity index (χ4n) is 2.62. The molecule has 2 atom stereocenters. The number of likely N-dealkylation sites (tertiary alicyclic amines) is 1. The van der Waals surface area contributed by atoms with E-state index in [1.54, 1.807) is 6.08 Å². The van der Waals surface area contributed by atoms with E-state index in [0.29, 0.717) is 18.7 Å². The molecule has 0 spiro atoms. The van der Waals surface area contributed by atoms with Gasteiger partial charge in [0.1, 0.15) is 0 Å². The summed E-state index contributed by atoms with van der Waals surface area (Å²) < 4.78 is 4.98. The second-order valence-electron chi connectivity index (χ2n) is 5.46. The second kappa shape index (κ2) is 10.3. The first-order chi connectivity index (χ1) is 10.6. The monoisotopic (exact) mass is 387 g/mol. The Morgan fingerprint density at radius 1 is 1.52 bits per heavy atom. The molecular formula is C17H21BNO3Y-. The van der Waals surface area contributed by atoms with E-state index >= 15 is 0 Å². The Kier molecular flexibility index (Phi) is 9.11. The molecule has 1 aliphatic heterocycles. The molecule has 1 N–H and O–H groups in total. The Balaban J connectivity index is 0.00000264. The summed E-state index contributed by atoms with van der Waals surface area (Å²) in [7, 11) is 8.80. The number of benzene rings is 1. The summed E-state index contributed by atoms with van der Waals surface area (Å²) in [5, 5.41) is 9.56. The van der Waals surface area contributed by atoms with Gasteiger partial charge in [0.05, 0.1) is 25.7 Å². The van der Waals surface area contributed by atoms with Crippen LogP contribution >= 0.6 is 0 Å². The van der Waals surface area contributed by atoms with Gasteiger partial charge in [-0.1, -0.05) is 30.6 Å². The van der Waals surface area contributed by atoms with E-state index in [9.17, 15) is 9.90 Å². The number of rotatable bonds is 6. The summed E-state index contributed by atoms with van der Waals surface area (Å²) in [5.74, 6) is 0.802. The zero-order valence-electron chi connectivity index (χ0n) is 13.2. The molecule has 0 aromatic heterocycles. The quantitative estimate of drug-likeness (QED) is 0.463. The Labute approximate surface area is 164 Å². The summed E-state index contributed by atoms with van der Waals surface area (Å²) in [4.78, 5) is 14.1. The molecular weight excluding hydrogens is 366 g/mol. The van der Waals surface area contributed by atoms with Crippen LogP contribution < -0.4 is 4.74 Å². The SMILES string of the molecule is [B]CC(O)C=CC1CCCC(=O)N1Cc1cccc(O[CH2-])c1.[Y]. The van der Waals surface area contributed by atoms with Gasteiger partial charge in [-0.05, 0) is 30.5 Å². The van der Waals surface area contributed by atoms with Crippen molar-refractivity contribution in [3.63, 3.8) is 0 Å². The van der Waals surface area contributed by atoms with Gasteiger partial charge in [-0.3, -0.25) is 4.79 Å². The van der Waals surface area contributed by atoms with Gasteiger partial charge < -0.3 is 14.7 Å². The first-order valence-electron chi connectivity index (χ1n) is 7.51. The third kappa shape index (κ3) is 6.06. The largest absolute Gasteiger partial charge is 0.665 e. The van der Waals surface area contributed by atoms with Crippen molar-refractivity contribution >= 4 is 13.8 Å². The van der Waals surface area contributed by atoms with E-state index in [4.69, 9.17) is 12.6 Å². The third-order valence-electron chi connectivity index (χ3n) is 3.83. The number of hydrogen-bond acceptors (Lipinski definition) is 3. The average Bonchev–Trinajstić information content (AvgIpc) is 2.55. The molecule has 4 nitrogen and oxygen atoms in total. The Morgan fingerprint density at radius 3 is 3.00 bits per heavy atom. The molecule has 119 valence electrons. The summed E-state index contributed by atoms with van der Waals surface area (Å²) in [5.41, 5.74) is 0.995. The number of amides is 1. The van der Waals surface area contributed by atoms with Crippen LogP contribution in [0.1, 0.15) is 24.8 Å². The van der Waals surface area contributed by atoms with Gasteiger partial charge in [0.15, 0.2) is 0 Å². The Morgan fingerprint density at radius 2 is 2.30 bits per heavy atom. The van der Waals surface area contributed by atoms with E-state index < -0.39 is 6.10 Å². The van der Waals surface area contributed by atoms with Crippen LogP contribution in [0.4, 0.5) is 0 Å². The molecule has 2 rings (SSSR count). The van der Waals surface area contributed by atoms with Crippen molar-refractivity contribution in [2.24, 2.45) is 0 Å². The summed E-state index contributed by atoms with van der Waals surface area (Å²) >= 11 is 0. The van der Waals surface area contributed by atoms with Crippen molar-refractivity contribution in [2.75, 3.05) is 0 Å². The molecule has 23 heavy (non-hydrogen) atoms. The molecule has 2 unspecified atom stereocenters. The summed E-state index contributed by atoms with van der Waals surface area (Å²) in [6.07, 6.45) is 5.40. The smallest absolute Gasteiger partial charge is 0.223 e. The first kappa shape index (κ1) is 20.4. The average molecular weight is 387 g/mol. The summed E-state index contributed by atoms with van der Waals surface area (Å²) in [6.45, 7) is 0.518. The molecule has 1 amide bonds. The Bertz CT molecular complexity index is 538. The molecule has 1 aromatic carbocycles. The molecule has 0 aliphatic carbocycles. The van der Waals surface area contributed by atoms with Crippen LogP contribution in [0, 0.1) is 7.11 Å². The van der Waals surface area contributed by atoms with E-state index in [1.165, 1.54) is 0 Å². The predicted molar refractivity (Wildman–Crippen MR) is 86.3 cm³/mol. The second-order valence-corrected chi connectivity index (χ2v) is 5.46. The minimum absolute atomic E-state index is 0. The first-order valence-corrected chi connectivity index (χ1v) is 7.51. The minimum Gasteiger partial charge on any atom is -0.665 e. The zero-order chi connectivity index (χ0) is 15.9. The predicted octanol–water partition coefficient (Wildman–Crippen LogP) is 2.24. The van der Waals surface area contributed by atoms with Gasteiger partial charge in [0.25, 0.3) is 0 Å². The maximum atomic E-state index is 12.2. The fraction of sp³-hybridized carbons (Fsp3) is 0.412. The van der Waals surface area contributed by atoms with Gasteiger partial charge in [-0.15, -0.1) is 0 Å². The number of carbonyl (C=O) groups excluding carboxylic acids is 1. The van der Waals surface area contributed by atoms with E-state index in [0.717, 1.165) is 18.4 Å². The van der Waals surface area contributed by atoms with Crippen molar-refractivity contribution in [3.8, 4) is 5.75 Å². The number of aliphatic hydroxyl groups excluding tert-OH is 1. The molecule has 0 bridgehead atoms. The topological polar surface area (TPSA) is 49.8 Å². The van der Waals surface area contributed by atoms with Crippen molar-refractivity contribution in [3.05, 3.63) is 49.1 Å². The molecule has 1 heterocycles. The van der Waals surface area contributed by atoms with Crippen LogP contribution in [-0.2, 0) is 44.0 Å². The maximum absolute atomic E-state index is 12.2. The van der Waals surface area contributed by atoms with Crippen LogP contribution in [0.25, 0.3) is 0 Å². The number of ether oxygens (including phenoxy) is 1. The van der Waals surface area contributed by atoms with Crippen molar-refractivity contribution in [2.45, 2.75) is 44.3 Å². The van der Waals surface area contributed by atoms with Gasteiger partial charge >= 0.3 is 0 Å². The fourth-order valence-corrected chi connectivity index (χ4v) is 2.62. The Hall–Kier alpha value is -0.641. The molecule has 0 saturated carbocycles. The van der Waals surface area contributed by atoms with Gasteiger partial charge in [0, 0.05) is 45.7 Å². The van der Waals surface area contributed by atoms with Crippen LogP contribution in [0.2, 0.25) is 6.32 Å². The van der Waals surface area contributed by atoms with Gasteiger partial charge in [0.2, 0.25) is 5.91 Å². The third-order valence-corrected chi connectivity index (χ3v) is 3.83. The number of aliphatic hydroxyl groups is 1. The zero-order valence-corrected chi connectivity index (χ0v) is 16.1. The van der Waals surface area contributed by atoms with Crippen molar-refractivity contribution in [1.29, 1.82) is 0 Å². The number of piperidine rings is 1. The van der Waals surface area contributed by atoms with Crippen LogP contribution in [0.5, 0.6) is 5.75 Å². The number of nitrogens with zero attached hydrogens (tertiary/aromatic N) is 1. The molecule has 1 aromatic rings. The number of carbonyl (C=O) groups is 1. The van der Waals surface area contributed by atoms with E-state index in [1.807, 2.05) is 35.2 Å².